The minimum Gasteiger partial charge on any atom is -1.00 e. The maximum absolute atomic E-state index is 6.61. The second-order valence-electron chi connectivity index (χ2n) is 7.01. The van der Waals surface area contributed by atoms with E-state index in [1.165, 1.54) is 22.4 Å². The van der Waals surface area contributed by atoms with Gasteiger partial charge in [0.1, 0.15) is 5.69 Å². The number of aryl methyl sites for hydroxylation is 1. The Morgan fingerprint density at radius 3 is 2.41 bits per heavy atom. The Hall–Kier alpha value is -2.13. The average Bonchev–Trinajstić information content (AvgIpc) is 2.68. The van der Waals surface area contributed by atoms with Gasteiger partial charge in [-0.25, -0.2) is 0 Å². The normalized spacial score (nSPS) is 16.4. The third kappa shape index (κ3) is 5.27. The molecular formula is C25H28Cl2N2. The highest BCUT2D eigenvalue weighted by Gasteiger charge is 2.16. The van der Waals surface area contributed by atoms with Crippen molar-refractivity contribution >= 4 is 28.6 Å². The Morgan fingerprint density at radius 1 is 1.03 bits per heavy atom. The highest BCUT2D eigenvalue weighted by molar-refractivity contribution is 6.32. The van der Waals surface area contributed by atoms with Crippen LogP contribution in [0.3, 0.4) is 0 Å². The van der Waals surface area contributed by atoms with Gasteiger partial charge in [-0.2, -0.15) is 0 Å². The molecule has 0 saturated carbocycles. The third-order valence-corrected chi connectivity index (χ3v) is 5.27. The molecule has 0 heterocycles. The Bertz CT molecular complexity index is 998. The standard InChI is InChI=1S/C25H27ClN2.ClH/c1-5-27-23-13-11-19(15-17(23)3)25(21-9-7-8-10-22(21)26)20-12-14-24(28-6-2)18(4)16-20;/h7-16,27H,5-6H2,1-4H3;1H/b25-20-,28-24?;. The van der Waals surface area contributed by atoms with E-state index < -0.39 is 0 Å². The van der Waals surface area contributed by atoms with Crippen LogP contribution in [0, 0.1) is 6.92 Å². The van der Waals surface area contributed by atoms with Gasteiger partial charge in [0.25, 0.3) is 0 Å². The summed E-state index contributed by atoms with van der Waals surface area (Å²) in [6.07, 6.45) is 6.48. The summed E-state index contributed by atoms with van der Waals surface area (Å²) in [5.41, 5.74) is 9.34. The molecule has 0 aliphatic heterocycles. The summed E-state index contributed by atoms with van der Waals surface area (Å²) in [4.78, 5) is 4.58. The van der Waals surface area contributed by atoms with E-state index >= 15 is 0 Å². The molecule has 0 saturated heterocycles. The smallest absolute Gasteiger partial charge is 0.132 e. The van der Waals surface area contributed by atoms with Gasteiger partial charge >= 0.3 is 0 Å². The molecule has 3 rings (SSSR count). The lowest BCUT2D eigenvalue weighted by molar-refractivity contribution is -0.568. The molecule has 0 aromatic heterocycles. The van der Waals surface area contributed by atoms with E-state index in [1.54, 1.807) is 0 Å². The van der Waals surface area contributed by atoms with Crippen molar-refractivity contribution in [3.8, 4) is 0 Å². The van der Waals surface area contributed by atoms with Crippen LogP contribution in [0.15, 0.2) is 76.8 Å². The van der Waals surface area contributed by atoms with Crippen LogP contribution in [0.4, 0.5) is 5.69 Å². The molecule has 1 aliphatic rings. The van der Waals surface area contributed by atoms with E-state index in [2.05, 4.69) is 80.5 Å². The number of nitrogens with two attached hydrogens (primary N) is 1. The van der Waals surface area contributed by atoms with Crippen LogP contribution in [0.1, 0.15) is 37.5 Å². The summed E-state index contributed by atoms with van der Waals surface area (Å²) >= 11 is 6.61. The summed E-state index contributed by atoms with van der Waals surface area (Å²) in [6.45, 7) is 10.3. The molecule has 0 radical (unpaired) electrons. The van der Waals surface area contributed by atoms with Crippen LogP contribution in [0.2, 0.25) is 5.02 Å². The van der Waals surface area contributed by atoms with Crippen molar-refractivity contribution in [3.05, 3.63) is 93.6 Å². The first-order valence-electron chi connectivity index (χ1n) is 9.89. The lowest BCUT2D eigenvalue weighted by atomic mass is 9.88. The molecule has 0 unspecified atom stereocenters. The van der Waals surface area contributed by atoms with Crippen molar-refractivity contribution in [2.24, 2.45) is 4.99 Å². The molecule has 2 aromatic carbocycles. The van der Waals surface area contributed by atoms with E-state index in [0.29, 0.717) is 0 Å². The monoisotopic (exact) mass is 426 g/mol. The van der Waals surface area contributed by atoms with Crippen LogP contribution in [0.5, 0.6) is 0 Å². The van der Waals surface area contributed by atoms with Gasteiger partial charge in [0.2, 0.25) is 0 Å². The van der Waals surface area contributed by atoms with E-state index in [-0.39, 0.29) is 12.4 Å². The highest BCUT2D eigenvalue weighted by Crippen LogP contribution is 2.35. The van der Waals surface area contributed by atoms with Crippen molar-refractivity contribution in [2.75, 3.05) is 13.1 Å². The molecule has 29 heavy (non-hydrogen) atoms. The number of rotatable bonds is 5. The first kappa shape index (κ1) is 23.2. The van der Waals surface area contributed by atoms with Crippen molar-refractivity contribution in [1.29, 1.82) is 0 Å². The van der Waals surface area contributed by atoms with E-state index in [1.807, 2.05) is 18.2 Å². The van der Waals surface area contributed by atoms with E-state index in [9.17, 15) is 0 Å². The molecule has 0 amide bonds. The Labute approximate surface area is 185 Å². The molecule has 2 nitrogen and oxygen atoms in total. The predicted molar refractivity (Wildman–Crippen MR) is 122 cm³/mol. The van der Waals surface area contributed by atoms with Gasteiger partial charge in [-0.1, -0.05) is 35.9 Å². The van der Waals surface area contributed by atoms with Gasteiger partial charge in [0, 0.05) is 22.7 Å². The fraction of sp³-hybridized carbons (Fsp3) is 0.240. The number of quaternary nitrogens is 1. The highest BCUT2D eigenvalue weighted by atomic mass is 35.5. The molecule has 0 bridgehead atoms. The molecule has 1 aliphatic carbocycles. The molecule has 0 atom stereocenters. The summed E-state index contributed by atoms with van der Waals surface area (Å²) in [6, 6.07) is 14.7. The molecule has 0 fully saturated rings. The van der Waals surface area contributed by atoms with Crippen LogP contribution in [-0.2, 0) is 0 Å². The largest absolute Gasteiger partial charge is 1.00 e. The first-order chi connectivity index (χ1) is 13.5. The predicted octanol–water partition coefficient (Wildman–Crippen LogP) is 2.65. The zero-order valence-corrected chi connectivity index (χ0v) is 19.0. The minimum absolute atomic E-state index is 0. The molecular weight excluding hydrogens is 399 g/mol. The summed E-state index contributed by atoms with van der Waals surface area (Å²) in [5.74, 6) is 0. The molecule has 2 N–H and O–H groups in total. The van der Waals surface area contributed by atoms with Gasteiger partial charge < -0.3 is 17.7 Å². The number of aliphatic imine (C=N–C) groups is 1. The second-order valence-corrected chi connectivity index (χ2v) is 7.42. The number of hydrogen-bond acceptors (Lipinski definition) is 1. The summed E-state index contributed by atoms with van der Waals surface area (Å²) in [7, 11) is 0. The molecule has 0 spiro atoms. The molecule has 152 valence electrons. The van der Waals surface area contributed by atoms with Gasteiger partial charge in [0.15, 0.2) is 0 Å². The molecule has 4 heteroatoms. The van der Waals surface area contributed by atoms with Crippen molar-refractivity contribution < 1.29 is 17.7 Å². The zero-order valence-electron chi connectivity index (χ0n) is 17.5. The minimum atomic E-state index is 0. The number of halogens is 2. The van der Waals surface area contributed by atoms with Crippen molar-refractivity contribution in [1.82, 2.24) is 0 Å². The van der Waals surface area contributed by atoms with Crippen molar-refractivity contribution in [3.63, 3.8) is 0 Å². The third-order valence-electron chi connectivity index (χ3n) is 4.94. The maximum atomic E-state index is 6.61. The first-order valence-corrected chi connectivity index (χ1v) is 10.3. The van der Waals surface area contributed by atoms with Crippen LogP contribution >= 0.6 is 11.6 Å². The van der Waals surface area contributed by atoms with Gasteiger partial charge in [-0.3, -0.25) is 4.99 Å². The summed E-state index contributed by atoms with van der Waals surface area (Å²) in [5, 5.41) is 3.03. The zero-order chi connectivity index (χ0) is 20.1. The lowest BCUT2D eigenvalue weighted by Crippen LogP contribution is -3.00. The lowest BCUT2D eigenvalue weighted by Gasteiger charge is -2.18. The van der Waals surface area contributed by atoms with Gasteiger partial charge in [-0.05, 0) is 86.4 Å². The van der Waals surface area contributed by atoms with Gasteiger partial charge in [-0.15, -0.1) is 0 Å². The van der Waals surface area contributed by atoms with Crippen LogP contribution < -0.4 is 17.7 Å². The van der Waals surface area contributed by atoms with Crippen LogP contribution in [-0.4, -0.2) is 18.8 Å². The Morgan fingerprint density at radius 2 is 1.79 bits per heavy atom. The van der Waals surface area contributed by atoms with Crippen LogP contribution in [0.25, 0.3) is 5.57 Å². The molecule has 2 aromatic rings. The fourth-order valence-electron chi connectivity index (χ4n) is 3.58. The topological polar surface area (TPSA) is 29.0 Å². The maximum Gasteiger partial charge on any atom is 0.132 e. The second kappa shape index (κ2) is 10.6. The van der Waals surface area contributed by atoms with E-state index in [4.69, 9.17) is 11.6 Å². The quantitative estimate of drug-likeness (QED) is 0.712. The fourth-order valence-corrected chi connectivity index (χ4v) is 3.81. The number of allylic oxidation sites excluding steroid dienone is 5. The average molecular weight is 427 g/mol. The number of nitrogens with zero attached hydrogens (tertiary/aromatic N) is 1. The van der Waals surface area contributed by atoms with Crippen molar-refractivity contribution in [2.45, 2.75) is 27.7 Å². The number of hydrogen-bond donors (Lipinski definition) is 1. The van der Waals surface area contributed by atoms with E-state index in [0.717, 1.165) is 40.5 Å². The van der Waals surface area contributed by atoms with Gasteiger partial charge in [0.05, 0.1) is 12.3 Å². The Kier molecular flexibility index (Phi) is 8.45. The number of benzene rings is 2. The Balaban J connectivity index is 0.00000300. The summed E-state index contributed by atoms with van der Waals surface area (Å²) < 4.78 is 0. The SMILES string of the molecule is CCN=C1C=C/C(=C(\c2ccc([NH2+]CC)c(C)c2)c2ccccc2Cl)C=C1C.[Cl-].